The lowest BCUT2D eigenvalue weighted by Crippen LogP contribution is -2.34. The van der Waals surface area contributed by atoms with Gasteiger partial charge in [-0.15, -0.1) is 11.3 Å². The summed E-state index contributed by atoms with van der Waals surface area (Å²) in [5, 5.41) is 0. The number of likely N-dealkylation sites (tertiary alicyclic amines) is 1. The number of hydrogen-bond donors (Lipinski definition) is 1. The second-order valence-electron chi connectivity index (χ2n) is 6.43. The summed E-state index contributed by atoms with van der Waals surface area (Å²) >= 11 is 1.09. The van der Waals surface area contributed by atoms with Gasteiger partial charge in [0, 0.05) is 19.1 Å². The van der Waals surface area contributed by atoms with Gasteiger partial charge in [0.1, 0.15) is 4.21 Å². The number of carbonyl (C=O) groups excluding carboxylic acids is 1. The van der Waals surface area contributed by atoms with Crippen LogP contribution in [0.5, 0.6) is 0 Å². The molecular weight excluding hydrogens is 332 g/mol. The average molecular weight is 357 g/mol. The summed E-state index contributed by atoms with van der Waals surface area (Å²) < 4.78 is 28.2. The molecule has 0 spiro atoms. The minimum absolute atomic E-state index is 0.0299. The van der Waals surface area contributed by atoms with E-state index >= 15 is 0 Å². The summed E-state index contributed by atoms with van der Waals surface area (Å²) in [6.45, 7) is 1.55. The molecule has 2 heterocycles. The van der Waals surface area contributed by atoms with Gasteiger partial charge in [0.15, 0.2) is 0 Å². The number of rotatable bonds is 4. The smallest absolute Gasteiger partial charge is 0.263 e. The Morgan fingerprint density at radius 2 is 1.70 bits per heavy atom. The number of nitrogens with one attached hydrogen (secondary N) is 1. The van der Waals surface area contributed by atoms with Crippen molar-refractivity contribution in [3.8, 4) is 0 Å². The highest BCUT2D eigenvalue weighted by Gasteiger charge is 2.26. The molecule has 1 aromatic heterocycles. The molecule has 23 heavy (non-hydrogen) atoms. The van der Waals surface area contributed by atoms with Crippen LogP contribution >= 0.6 is 11.3 Å². The van der Waals surface area contributed by atoms with E-state index in [1.807, 2.05) is 0 Å². The van der Waals surface area contributed by atoms with Gasteiger partial charge in [0.05, 0.1) is 4.88 Å². The summed E-state index contributed by atoms with van der Waals surface area (Å²) in [5.74, 6) is -0.0385. The Hall–Kier alpha value is -0.920. The minimum Gasteiger partial charge on any atom is -0.338 e. The molecule has 1 aromatic rings. The van der Waals surface area contributed by atoms with E-state index in [2.05, 4.69) is 4.72 Å². The standard InChI is InChI=1S/C16H24N2O3S2/c19-16(18-11-5-6-12-18)14-9-10-15(22-14)23(20,21)17-13-7-3-1-2-4-8-13/h9-10,13,17H,1-8,11-12H2. The predicted molar refractivity (Wildman–Crippen MR) is 91.3 cm³/mol. The molecule has 0 bridgehead atoms. The van der Waals surface area contributed by atoms with Crippen molar-refractivity contribution >= 4 is 27.3 Å². The Balaban J connectivity index is 1.69. The van der Waals surface area contributed by atoms with Gasteiger partial charge in [0.2, 0.25) is 10.0 Å². The zero-order chi connectivity index (χ0) is 16.3. The lowest BCUT2D eigenvalue weighted by Gasteiger charge is -2.15. The highest BCUT2D eigenvalue weighted by atomic mass is 32.2. The molecule has 2 fully saturated rings. The summed E-state index contributed by atoms with van der Waals surface area (Å²) in [7, 11) is -3.51. The zero-order valence-electron chi connectivity index (χ0n) is 13.3. The van der Waals surface area contributed by atoms with Crippen molar-refractivity contribution < 1.29 is 13.2 Å². The highest BCUT2D eigenvalue weighted by Crippen LogP contribution is 2.26. The molecule has 1 aliphatic carbocycles. The molecule has 0 aromatic carbocycles. The van der Waals surface area contributed by atoms with Crippen molar-refractivity contribution in [3.05, 3.63) is 17.0 Å². The molecule has 1 aliphatic heterocycles. The molecule has 7 heteroatoms. The third-order valence-electron chi connectivity index (χ3n) is 4.63. The van der Waals surface area contributed by atoms with E-state index in [0.29, 0.717) is 4.88 Å². The number of nitrogens with zero attached hydrogens (tertiary/aromatic N) is 1. The Labute approximate surface area is 142 Å². The molecular formula is C16H24N2O3S2. The monoisotopic (exact) mass is 356 g/mol. The first-order chi connectivity index (χ1) is 11.1. The van der Waals surface area contributed by atoms with Gasteiger partial charge >= 0.3 is 0 Å². The Morgan fingerprint density at radius 1 is 1.04 bits per heavy atom. The lowest BCUT2D eigenvalue weighted by molar-refractivity contribution is 0.0797. The number of thiophene rings is 1. The van der Waals surface area contributed by atoms with Crippen LogP contribution in [0, 0.1) is 0 Å². The van der Waals surface area contributed by atoms with Gasteiger partial charge in [0.25, 0.3) is 5.91 Å². The van der Waals surface area contributed by atoms with Crippen molar-refractivity contribution in [1.29, 1.82) is 0 Å². The third-order valence-corrected chi connectivity index (χ3v) is 7.71. The fourth-order valence-corrected chi connectivity index (χ4v) is 5.93. The number of carbonyl (C=O) groups is 1. The van der Waals surface area contributed by atoms with E-state index in [-0.39, 0.29) is 16.2 Å². The highest BCUT2D eigenvalue weighted by molar-refractivity contribution is 7.91. The fourth-order valence-electron chi connectivity index (χ4n) is 3.33. The second kappa shape index (κ2) is 7.32. The van der Waals surface area contributed by atoms with Crippen molar-refractivity contribution in [2.45, 2.75) is 61.6 Å². The van der Waals surface area contributed by atoms with E-state index in [9.17, 15) is 13.2 Å². The Morgan fingerprint density at radius 3 is 2.35 bits per heavy atom. The van der Waals surface area contributed by atoms with Gasteiger partial charge in [-0.25, -0.2) is 13.1 Å². The largest absolute Gasteiger partial charge is 0.338 e. The summed E-state index contributed by atoms with van der Waals surface area (Å²) in [6, 6.07) is 3.24. The normalized spacial score (nSPS) is 20.6. The van der Waals surface area contributed by atoms with E-state index in [0.717, 1.165) is 63.0 Å². The molecule has 3 rings (SSSR count). The SMILES string of the molecule is O=C(c1ccc(S(=O)(=O)NC2CCCCCC2)s1)N1CCCC1. The molecule has 1 saturated heterocycles. The maximum Gasteiger partial charge on any atom is 0.263 e. The van der Waals surface area contributed by atoms with Crippen molar-refractivity contribution in [2.24, 2.45) is 0 Å². The first kappa shape index (κ1) is 16.9. The van der Waals surface area contributed by atoms with Crippen molar-refractivity contribution in [2.75, 3.05) is 13.1 Å². The van der Waals surface area contributed by atoms with Gasteiger partial charge in [-0.05, 0) is 37.8 Å². The van der Waals surface area contributed by atoms with Crippen LogP contribution in [0.25, 0.3) is 0 Å². The van der Waals surface area contributed by atoms with Crippen molar-refractivity contribution in [3.63, 3.8) is 0 Å². The fraction of sp³-hybridized carbons (Fsp3) is 0.688. The first-order valence-corrected chi connectivity index (χ1v) is 10.8. The van der Waals surface area contributed by atoms with Crippen LogP contribution in [0.3, 0.4) is 0 Å². The topological polar surface area (TPSA) is 66.5 Å². The van der Waals surface area contributed by atoms with Gasteiger partial charge in [-0.3, -0.25) is 4.79 Å². The van der Waals surface area contributed by atoms with Crippen LogP contribution in [-0.2, 0) is 10.0 Å². The predicted octanol–water partition coefficient (Wildman–Crippen LogP) is 2.99. The molecule has 0 atom stereocenters. The molecule has 2 aliphatic rings. The molecule has 128 valence electrons. The van der Waals surface area contributed by atoms with Crippen LogP contribution < -0.4 is 4.72 Å². The van der Waals surface area contributed by atoms with Crippen LogP contribution in [-0.4, -0.2) is 38.4 Å². The number of amides is 1. The van der Waals surface area contributed by atoms with E-state index < -0.39 is 10.0 Å². The zero-order valence-corrected chi connectivity index (χ0v) is 14.9. The molecule has 1 N–H and O–H groups in total. The number of hydrogen-bond acceptors (Lipinski definition) is 4. The van der Waals surface area contributed by atoms with Crippen LogP contribution in [0.2, 0.25) is 0 Å². The molecule has 1 amide bonds. The molecule has 5 nitrogen and oxygen atoms in total. The maximum atomic E-state index is 12.5. The molecule has 1 saturated carbocycles. The summed E-state index contributed by atoms with van der Waals surface area (Å²) in [6.07, 6.45) is 8.41. The quantitative estimate of drug-likeness (QED) is 0.844. The summed E-state index contributed by atoms with van der Waals surface area (Å²) in [4.78, 5) is 14.7. The van der Waals surface area contributed by atoms with E-state index in [1.54, 1.807) is 17.0 Å². The molecule has 0 radical (unpaired) electrons. The van der Waals surface area contributed by atoms with Crippen LogP contribution in [0.15, 0.2) is 16.3 Å². The maximum absolute atomic E-state index is 12.5. The first-order valence-electron chi connectivity index (χ1n) is 8.48. The van der Waals surface area contributed by atoms with Crippen LogP contribution in [0.1, 0.15) is 61.0 Å². The second-order valence-corrected chi connectivity index (χ2v) is 9.45. The van der Waals surface area contributed by atoms with Crippen LogP contribution in [0.4, 0.5) is 0 Å². The third kappa shape index (κ3) is 4.14. The number of sulfonamides is 1. The van der Waals surface area contributed by atoms with Gasteiger partial charge in [-0.2, -0.15) is 0 Å². The van der Waals surface area contributed by atoms with Gasteiger partial charge in [-0.1, -0.05) is 25.7 Å². The Kier molecular flexibility index (Phi) is 5.38. The minimum atomic E-state index is -3.51. The van der Waals surface area contributed by atoms with Gasteiger partial charge < -0.3 is 4.90 Å². The Bertz CT molecular complexity index is 640. The molecule has 0 unspecified atom stereocenters. The van der Waals surface area contributed by atoms with E-state index in [4.69, 9.17) is 0 Å². The lowest BCUT2D eigenvalue weighted by atomic mass is 10.1. The summed E-state index contributed by atoms with van der Waals surface area (Å²) in [5.41, 5.74) is 0. The van der Waals surface area contributed by atoms with E-state index in [1.165, 1.54) is 12.8 Å². The van der Waals surface area contributed by atoms with Crippen molar-refractivity contribution in [1.82, 2.24) is 9.62 Å². The average Bonchev–Trinajstić information content (AvgIpc) is 3.16.